The van der Waals surface area contributed by atoms with Crippen molar-refractivity contribution in [3.63, 3.8) is 0 Å². The highest BCUT2D eigenvalue weighted by Crippen LogP contribution is 2.34. The van der Waals surface area contributed by atoms with E-state index in [-0.39, 0.29) is 21.8 Å². The molecule has 0 saturated carbocycles. The van der Waals surface area contributed by atoms with Crippen molar-refractivity contribution in [2.75, 3.05) is 7.11 Å². The number of halogens is 4. The third-order valence-corrected chi connectivity index (χ3v) is 2.50. The second-order valence-electron chi connectivity index (χ2n) is 2.45. The van der Waals surface area contributed by atoms with Gasteiger partial charge in [-0.2, -0.15) is 0 Å². The lowest BCUT2D eigenvalue weighted by molar-refractivity contribution is 0.145. The molecule has 6 heteroatoms. The Balaban J connectivity index is 3.27. The van der Waals surface area contributed by atoms with E-state index in [2.05, 4.69) is 20.9 Å². The summed E-state index contributed by atoms with van der Waals surface area (Å²) in [6.45, 7) is 0. The Morgan fingerprint density at radius 1 is 1.64 bits per heavy atom. The first-order chi connectivity index (χ1) is 6.60. The van der Waals surface area contributed by atoms with Crippen LogP contribution in [0.3, 0.4) is 0 Å². The average Bonchev–Trinajstić information content (AvgIpc) is 2.15. The fourth-order valence-corrected chi connectivity index (χ4v) is 1.71. The maximum Gasteiger partial charge on any atom is 0.270 e. The lowest BCUT2D eigenvalue weighted by Crippen LogP contribution is -1.99. The zero-order chi connectivity index (χ0) is 10.7. The minimum absolute atomic E-state index is 0.0926. The normalized spacial score (nSPS) is 10.7. The third kappa shape index (κ3) is 2.33. The standard InChI is InChI=1S/C8H7BrClF2NO/c1-14-8-6(7(11)12)5(9)2-4(3-10)13-8/h2,7H,3H2,1H3. The van der Waals surface area contributed by atoms with Crippen LogP contribution in [-0.2, 0) is 5.88 Å². The maximum atomic E-state index is 12.5. The molecule has 2 nitrogen and oxygen atoms in total. The summed E-state index contributed by atoms with van der Waals surface area (Å²) < 4.78 is 30.1. The lowest BCUT2D eigenvalue weighted by Gasteiger charge is -2.09. The quantitative estimate of drug-likeness (QED) is 0.793. The summed E-state index contributed by atoms with van der Waals surface area (Å²) >= 11 is 8.55. The van der Waals surface area contributed by atoms with Gasteiger partial charge in [0.05, 0.1) is 24.2 Å². The van der Waals surface area contributed by atoms with E-state index in [1.165, 1.54) is 13.2 Å². The van der Waals surface area contributed by atoms with Crippen LogP contribution in [0.1, 0.15) is 17.7 Å². The van der Waals surface area contributed by atoms with Gasteiger partial charge in [-0.25, -0.2) is 13.8 Å². The summed E-state index contributed by atoms with van der Waals surface area (Å²) in [4.78, 5) is 3.83. The van der Waals surface area contributed by atoms with E-state index in [1.54, 1.807) is 0 Å². The Morgan fingerprint density at radius 2 is 2.29 bits per heavy atom. The van der Waals surface area contributed by atoms with Crippen LogP contribution in [0.5, 0.6) is 5.88 Å². The zero-order valence-electron chi connectivity index (χ0n) is 7.23. The molecule has 78 valence electrons. The Labute approximate surface area is 93.4 Å². The number of rotatable bonds is 3. The predicted octanol–water partition coefficient (Wildman–Crippen LogP) is 3.53. The van der Waals surface area contributed by atoms with Crippen LogP contribution >= 0.6 is 27.5 Å². The van der Waals surface area contributed by atoms with Crippen LogP contribution in [-0.4, -0.2) is 12.1 Å². The SMILES string of the molecule is COc1nc(CCl)cc(Br)c1C(F)F. The molecule has 1 rings (SSSR count). The van der Waals surface area contributed by atoms with Crippen molar-refractivity contribution in [2.45, 2.75) is 12.3 Å². The molecule has 1 aromatic heterocycles. The summed E-state index contributed by atoms with van der Waals surface area (Å²) in [5, 5.41) is 0. The molecule has 0 radical (unpaired) electrons. The smallest absolute Gasteiger partial charge is 0.270 e. The fourth-order valence-electron chi connectivity index (χ4n) is 0.971. The molecule has 0 unspecified atom stereocenters. The van der Waals surface area contributed by atoms with Gasteiger partial charge in [0.25, 0.3) is 6.43 Å². The highest BCUT2D eigenvalue weighted by Gasteiger charge is 2.20. The van der Waals surface area contributed by atoms with Gasteiger partial charge in [0, 0.05) is 4.47 Å². The molecular weight excluding hydrogens is 279 g/mol. The van der Waals surface area contributed by atoms with E-state index in [9.17, 15) is 8.78 Å². The first-order valence-corrected chi connectivity index (χ1v) is 5.00. The van der Waals surface area contributed by atoms with Crippen LogP contribution in [0.15, 0.2) is 10.5 Å². The number of pyridine rings is 1. The van der Waals surface area contributed by atoms with Crippen molar-refractivity contribution in [3.8, 4) is 5.88 Å². The molecule has 0 aliphatic rings. The van der Waals surface area contributed by atoms with E-state index in [0.717, 1.165) is 0 Å². The minimum Gasteiger partial charge on any atom is -0.481 e. The zero-order valence-corrected chi connectivity index (χ0v) is 9.57. The molecule has 0 fully saturated rings. The van der Waals surface area contributed by atoms with Gasteiger partial charge in [-0.15, -0.1) is 11.6 Å². The molecule has 0 N–H and O–H groups in total. The van der Waals surface area contributed by atoms with Gasteiger partial charge < -0.3 is 4.74 Å². The second-order valence-corrected chi connectivity index (χ2v) is 3.57. The molecule has 0 saturated heterocycles. The van der Waals surface area contributed by atoms with Crippen LogP contribution in [0.2, 0.25) is 0 Å². The van der Waals surface area contributed by atoms with Gasteiger partial charge in [0.1, 0.15) is 0 Å². The van der Waals surface area contributed by atoms with E-state index < -0.39 is 6.43 Å². The van der Waals surface area contributed by atoms with E-state index in [1.807, 2.05) is 0 Å². The van der Waals surface area contributed by atoms with Gasteiger partial charge in [-0.1, -0.05) is 15.9 Å². The summed E-state index contributed by atoms with van der Waals surface area (Å²) in [7, 11) is 1.29. The van der Waals surface area contributed by atoms with Crippen LogP contribution in [0.4, 0.5) is 8.78 Å². The van der Waals surface area contributed by atoms with Crippen LogP contribution in [0.25, 0.3) is 0 Å². The van der Waals surface area contributed by atoms with Crippen molar-refractivity contribution >= 4 is 27.5 Å². The van der Waals surface area contributed by atoms with E-state index in [0.29, 0.717) is 5.69 Å². The molecule has 1 aromatic rings. The molecule has 0 aliphatic carbocycles. The van der Waals surface area contributed by atoms with Gasteiger partial charge in [-0.3, -0.25) is 0 Å². The van der Waals surface area contributed by atoms with Crippen molar-refractivity contribution in [1.82, 2.24) is 4.98 Å². The predicted molar refractivity (Wildman–Crippen MR) is 53.0 cm³/mol. The molecule has 0 atom stereocenters. The van der Waals surface area contributed by atoms with Gasteiger partial charge in [-0.05, 0) is 6.07 Å². The summed E-state index contributed by atoms with van der Waals surface area (Å²) in [5.74, 6) is 0.0587. The summed E-state index contributed by atoms with van der Waals surface area (Å²) in [6.07, 6.45) is -2.63. The monoisotopic (exact) mass is 285 g/mol. The van der Waals surface area contributed by atoms with Crippen molar-refractivity contribution in [2.24, 2.45) is 0 Å². The number of ether oxygens (including phenoxy) is 1. The highest BCUT2D eigenvalue weighted by molar-refractivity contribution is 9.10. The molecule has 14 heavy (non-hydrogen) atoms. The lowest BCUT2D eigenvalue weighted by atomic mass is 10.2. The average molecular weight is 287 g/mol. The first-order valence-electron chi connectivity index (χ1n) is 3.67. The van der Waals surface area contributed by atoms with Crippen LogP contribution in [0, 0.1) is 0 Å². The molecule has 0 amide bonds. The Bertz CT molecular complexity index is 335. The molecule has 0 aliphatic heterocycles. The number of hydrogen-bond donors (Lipinski definition) is 0. The van der Waals surface area contributed by atoms with Gasteiger partial charge in [0.2, 0.25) is 5.88 Å². The number of aromatic nitrogens is 1. The summed E-state index contributed by atoms with van der Waals surface area (Å²) in [5.41, 5.74) is 0.237. The van der Waals surface area contributed by atoms with E-state index >= 15 is 0 Å². The van der Waals surface area contributed by atoms with Crippen molar-refractivity contribution in [3.05, 3.63) is 21.8 Å². The Kier molecular flexibility index (Phi) is 4.07. The van der Waals surface area contributed by atoms with Gasteiger partial charge in [0.15, 0.2) is 0 Å². The van der Waals surface area contributed by atoms with Crippen LogP contribution < -0.4 is 4.74 Å². The minimum atomic E-state index is -2.63. The van der Waals surface area contributed by atoms with Crippen molar-refractivity contribution in [1.29, 1.82) is 0 Å². The van der Waals surface area contributed by atoms with Crippen molar-refractivity contribution < 1.29 is 13.5 Å². The number of alkyl halides is 3. The second kappa shape index (κ2) is 4.89. The van der Waals surface area contributed by atoms with E-state index in [4.69, 9.17) is 16.3 Å². The molecular formula is C8H7BrClF2NO. The topological polar surface area (TPSA) is 22.1 Å². The number of hydrogen-bond acceptors (Lipinski definition) is 2. The first kappa shape index (κ1) is 11.7. The largest absolute Gasteiger partial charge is 0.481 e. The summed E-state index contributed by atoms with van der Waals surface area (Å²) in [6, 6.07) is 1.46. The maximum absolute atomic E-state index is 12.5. The Morgan fingerprint density at radius 3 is 2.71 bits per heavy atom. The van der Waals surface area contributed by atoms with Gasteiger partial charge >= 0.3 is 0 Å². The number of methoxy groups -OCH3 is 1. The molecule has 0 aromatic carbocycles. The molecule has 0 bridgehead atoms. The fraction of sp³-hybridized carbons (Fsp3) is 0.375. The third-order valence-electron chi connectivity index (χ3n) is 1.57. The molecule has 1 heterocycles. The molecule has 0 spiro atoms. The highest BCUT2D eigenvalue weighted by atomic mass is 79.9. The Hall–Kier alpha value is -0.420. The number of nitrogens with zero attached hydrogens (tertiary/aromatic N) is 1.